The quantitative estimate of drug-likeness (QED) is 0.716. The second-order valence-electron chi connectivity index (χ2n) is 4.81. The van der Waals surface area contributed by atoms with Gasteiger partial charge >= 0.3 is 11.9 Å². The average molecular weight is 261 g/mol. The number of rotatable bonds is 5. The van der Waals surface area contributed by atoms with Gasteiger partial charge in [0.2, 0.25) is 0 Å². The molecule has 0 aromatic rings. The molecule has 2 N–H and O–H groups in total. The summed E-state index contributed by atoms with van der Waals surface area (Å²) in [6, 6.07) is 0. The molecule has 0 aliphatic rings. The van der Waals surface area contributed by atoms with Crippen LogP contribution >= 0.6 is 0 Å². The summed E-state index contributed by atoms with van der Waals surface area (Å²) < 4.78 is 0. The lowest BCUT2D eigenvalue weighted by Gasteiger charge is -2.19. The van der Waals surface area contributed by atoms with E-state index in [0.29, 0.717) is 11.7 Å². The Hall–Kier alpha value is -1.43. The Labute approximate surface area is 108 Å². The molecule has 0 spiro atoms. The minimum Gasteiger partial charge on any atom is -0.473 e. The Morgan fingerprint density at radius 2 is 1.44 bits per heavy atom. The van der Waals surface area contributed by atoms with Crippen molar-refractivity contribution in [1.82, 2.24) is 4.90 Å². The van der Waals surface area contributed by atoms with Gasteiger partial charge in [0.1, 0.15) is 5.78 Å². The van der Waals surface area contributed by atoms with Crippen molar-refractivity contribution in [3.05, 3.63) is 0 Å². The lowest BCUT2D eigenvalue weighted by Crippen LogP contribution is -2.27. The van der Waals surface area contributed by atoms with Crippen molar-refractivity contribution in [3.8, 4) is 0 Å². The summed E-state index contributed by atoms with van der Waals surface area (Å²) in [7, 11) is 4.02. The molecule has 0 fully saturated rings. The predicted molar refractivity (Wildman–Crippen MR) is 67.5 cm³/mol. The molecule has 0 saturated carbocycles. The molecule has 0 saturated heterocycles. The summed E-state index contributed by atoms with van der Waals surface area (Å²) in [4.78, 5) is 31.5. The SMILES string of the molecule is CC(=O)C(CC(C)C)CN(C)C.O=C(O)C(=O)O. The number of aliphatic carboxylic acids is 2. The van der Waals surface area contributed by atoms with E-state index in [1.54, 1.807) is 6.92 Å². The van der Waals surface area contributed by atoms with E-state index in [2.05, 4.69) is 18.7 Å². The molecule has 0 rings (SSSR count). The maximum atomic E-state index is 11.2. The molecular weight excluding hydrogens is 238 g/mol. The van der Waals surface area contributed by atoms with E-state index in [0.717, 1.165) is 13.0 Å². The van der Waals surface area contributed by atoms with Crippen molar-refractivity contribution >= 4 is 17.7 Å². The molecular formula is C12H23NO5. The van der Waals surface area contributed by atoms with Gasteiger partial charge in [-0.15, -0.1) is 0 Å². The van der Waals surface area contributed by atoms with Crippen molar-refractivity contribution in [2.24, 2.45) is 11.8 Å². The topological polar surface area (TPSA) is 94.9 Å². The number of hydrogen-bond acceptors (Lipinski definition) is 4. The Morgan fingerprint density at radius 1 is 1.06 bits per heavy atom. The molecule has 0 aliphatic heterocycles. The van der Waals surface area contributed by atoms with Crippen molar-refractivity contribution in [3.63, 3.8) is 0 Å². The molecule has 0 aliphatic carbocycles. The Balaban J connectivity index is 0. The second-order valence-corrected chi connectivity index (χ2v) is 4.81. The second kappa shape index (κ2) is 9.58. The van der Waals surface area contributed by atoms with Gasteiger partial charge in [-0.2, -0.15) is 0 Å². The van der Waals surface area contributed by atoms with Crippen LogP contribution < -0.4 is 0 Å². The van der Waals surface area contributed by atoms with Crippen LogP contribution in [0.4, 0.5) is 0 Å². The number of carbonyl (C=O) groups excluding carboxylic acids is 1. The Bertz CT molecular complexity index is 264. The number of carboxylic acid groups (broad SMARTS) is 2. The van der Waals surface area contributed by atoms with Crippen LogP contribution in [0.1, 0.15) is 27.2 Å². The van der Waals surface area contributed by atoms with E-state index in [4.69, 9.17) is 19.8 Å². The van der Waals surface area contributed by atoms with Crippen LogP contribution in [0.25, 0.3) is 0 Å². The summed E-state index contributed by atoms with van der Waals surface area (Å²) in [5.41, 5.74) is 0. The van der Waals surface area contributed by atoms with Crippen LogP contribution in [-0.4, -0.2) is 53.5 Å². The standard InChI is InChI=1S/C10H21NO.C2H2O4/c1-8(2)6-10(9(3)12)7-11(4)5;3-1(4)2(5)6/h8,10H,6-7H2,1-5H3;(H,3,4)(H,5,6). The summed E-state index contributed by atoms with van der Waals surface area (Å²) in [5, 5.41) is 14.8. The van der Waals surface area contributed by atoms with Gasteiger partial charge in [-0.05, 0) is 33.4 Å². The van der Waals surface area contributed by atoms with E-state index in [-0.39, 0.29) is 5.92 Å². The fourth-order valence-electron chi connectivity index (χ4n) is 1.38. The normalized spacial score (nSPS) is 11.7. The maximum absolute atomic E-state index is 11.2. The molecule has 1 atom stereocenters. The first-order chi connectivity index (χ1) is 8.07. The van der Waals surface area contributed by atoms with E-state index in [9.17, 15) is 4.79 Å². The van der Waals surface area contributed by atoms with Crippen LogP contribution in [0.2, 0.25) is 0 Å². The first kappa shape index (κ1) is 18.9. The zero-order valence-corrected chi connectivity index (χ0v) is 11.6. The average Bonchev–Trinajstić information content (AvgIpc) is 2.15. The van der Waals surface area contributed by atoms with E-state index in [1.165, 1.54) is 0 Å². The summed E-state index contributed by atoms with van der Waals surface area (Å²) >= 11 is 0. The van der Waals surface area contributed by atoms with Gasteiger partial charge in [0.25, 0.3) is 0 Å². The van der Waals surface area contributed by atoms with Crippen LogP contribution in [0.15, 0.2) is 0 Å². The minimum absolute atomic E-state index is 0.222. The number of nitrogens with zero attached hydrogens (tertiary/aromatic N) is 1. The lowest BCUT2D eigenvalue weighted by molar-refractivity contribution is -0.159. The maximum Gasteiger partial charge on any atom is 0.414 e. The summed E-state index contributed by atoms with van der Waals surface area (Å²) in [6.07, 6.45) is 1.01. The molecule has 18 heavy (non-hydrogen) atoms. The van der Waals surface area contributed by atoms with E-state index < -0.39 is 11.9 Å². The highest BCUT2D eigenvalue weighted by Gasteiger charge is 2.16. The molecule has 0 aromatic heterocycles. The molecule has 0 heterocycles. The molecule has 0 amide bonds. The first-order valence-electron chi connectivity index (χ1n) is 5.69. The van der Waals surface area contributed by atoms with Crippen LogP contribution in [0.3, 0.4) is 0 Å². The molecule has 106 valence electrons. The zero-order chi connectivity index (χ0) is 14.9. The minimum atomic E-state index is -1.82. The highest BCUT2D eigenvalue weighted by molar-refractivity contribution is 6.27. The van der Waals surface area contributed by atoms with E-state index >= 15 is 0 Å². The number of carboxylic acids is 2. The smallest absolute Gasteiger partial charge is 0.414 e. The number of Topliss-reactive ketones (excluding diaryl/α,β-unsaturated/α-hetero) is 1. The number of carbonyl (C=O) groups is 3. The van der Waals surface area contributed by atoms with Gasteiger partial charge in [-0.25, -0.2) is 9.59 Å². The van der Waals surface area contributed by atoms with Gasteiger partial charge in [-0.1, -0.05) is 13.8 Å². The van der Waals surface area contributed by atoms with Gasteiger partial charge in [-0.3, -0.25) is 4.79 Å². The highest BCUT2D eigenvalue weighted by atomic mass is 16.4. The summed E-state index contributed by atoms with van der Waals surface area (Å²) in [5.74, 6) is -2.50. The van der Waals surface area contributed by atoms with Gasteiger partial charge in [0.05, 0.1) is 0 Å². The summed E-state index contributed by atoms with van der Waals surface area (Å²) in [6.45, 7) is 6.89. The monoisotopic (exact) mass is 261 g/mol. The molecule has 0 radical (unpaired) electrons. The zero-order valence-electron chi connectivity index (χ0n) is 11.6. The van der Waals surface area contributed by atoms with Crippen LogP contribution in [0.5, 0.6) is 0 Å². The van der Waals surface area contributed by atoms with Gasteiger partial charge in [0.15, 0.2) is 0 Å². The number of ketones is 1. The van der Waals surface area contributed by atoms with E-state index in [1.807, 2.05) is 14.1 Å². The Kier molecular flexibility index (Phi) is 10.1. The third kappa shape index (κ3) is 12.6. The van der Waals surface area contributed by atoms with Crippen molar-refractivity contribution in [2.75, 3.05) is 20.6 Å². The molecule has 0 bridgehead atoms. The van der Waals surface area contributed by atoms with Crippen molar-refractivity contribution in [1.29, 1.82) is 0 Å². The molecule has 6 heteroatoms. The van der Waals surface area contributed by atoms with Crippen LogP contribution in [-0.2, 0) is 14.4 Å². The Morgan fingerprint density at radius 3 is 1.61 bits per heavy atom. The van der Waals surface area contributed by atoms with Crippen LogP contribution in [0, 0.1) is 11.8 Å². The van der Waals surface area contributed by atoms with Crippen molar-refractivity contribution < 1.29 is 24.6 Å². The van der Waals surface area contributed by atoms with Gasteiger partial charge < -0.3 is 15.1 Å². The third-order valence-electron chi connectivity index (χ3n) is 2.10. The van der Waals surface area contributed by atoms with Crippen molar-refractivity contribution in [2.45, 2.75) is 27.2 Å². The fraction of sp³-hybridized carbons (Fsp3) is 0.750. The predicted octanol–water partition coefficient (Wildman–Crippen LogP) is 0.955. The third-order valence-corrected chi connectivity index (χ3v) is 2.10. The fourth-order valence-corrected chi connectivity index (χ4v) is 1.38. The largest absolute Gasteiger partial charge is 0.473 e. The van der Waals surface area contributed by atoms with Gasteiger partial charge in [0, 0.05) is 12.5 Å². The highest BCUT2D eigenvalue weighted by Crippen LogP contribution is 2.13. The number of hydrogen-bond donors (Lipinski definition) is 2. The molecule has 1 unspecified atom stereocenters. The molecule has 6 nitrogen and oxygen atoms in total. The first-order valence-corrected chi connectivity index (χ1v) is 5.69. The lowest BCUT2D eigenvalue weighted by atomic mass is 9.93. The molecule has 0 aromatic carbocycles.